The summed E-state index contributed by atoms with van der Waals surface area (Å²) in [5.41, 5.74) is 7.41. The number of aliphatic carboxylic acids is 2. The summed E-state index contributed by atoms with van der Waals surface area (Å²) in [7, 11) is 0. The fourth-order valence-corrected chi connectivity index (χ4v) is 4.36. The third-order valence-corrected chi connectivity index (χ3v) is 6.40. The number of rotatable bonds is 16. The van der Waals surface area contributed by atoms with Gasteiger partial charge < -0.3 is 36.9 Å². The maximum absolute atomic E-state index is 13.4. The van der Waals surface area contributed by atoms with Crippen LogP contribution in [0.4, 0.5) is 0 Å². The summed E-state index contributed by atoms with van der Waals surface area (Å²) in [6, 6.07) is 2.98. The minimum absolute atomic E-state index is 0.000899. The van der Waals surface area contributed by atoms with Crippen LogP contribution in [0.1, 0.15) is 58.9 Å². The number of carbonyl (C=O) groups is 5. The van der Waals surface area contributed by atoms with Crippen LogP contribution in [0, 0.1) is 11.8 Å². The number of nitrogens with two attached hydrogens (primary N) is 1. The van der Waals surface area contributed by atoms with Gasteiger partial charge in [0.15, 0.2) is 0 Å². The quantitative estimate of drug-likeness (QED) is 0.160. The van der Waals surface area contributed by atoms with E-state index < -0.39 is 53.8 Å². The predicted octanol–water partition coefficient (Wildman–Crippen LogP) is 1.53. The highest BCUT2D eigenvalue weighted by molar-refractivity contribution is 5.95. The van der Waals surface area contributed by atoms with E-state index in [0.29, 0.717) is 0 Å². The number of carbonyl (C=O) groups excluding carboxylic acids is 3. The summed E-state index contributed by atoms with van der Waals surface area (Å²) in [4.78, 5) is 65.3. The lowest BCUT2D eigenvalue weighted by Crippen LogP contribution is -2.58. The Balaban J connectivity index is 2.30. The molecule has 1 heterocycles. The van der Waals surface area contributed by atoms with Crippen molar-refractivity contribution in [1.82, 2.24) is 20.9 Å². The first-order chi connectivity index (χ1) is 18.8. The molecule has 3 amide bonds. The Kier molecular flexibility index (Phi) is 12.1. The van der Waals surface area contributed by atoms with Crippen molar-refractivity contribution >= 4 is 40.6 Å². The number of H-pyrrole nitrogens is 1. The van der Waals surface area contributed by atoms with Crippen LogP contribution < -0.4 is 21.7 Å². The molecular weight excluding hydrogens is 518 g/mol. The molecule has 2 aromatic rings. The number of aromatic amines is 1. The van der Waals surface area contributed by atoms with E-state index in [1.54, 1.807) is 6.20 Å². The Labute approximate surface area is 233 Å². The van der Waals surface area contributed by atoms with Gasteiger partial charge >= 0.3 is 11.9 Å². The van der Waals surface area contributed by atoms with Gasteiger partial charge in [-0.25, -0.2) is 4.79 Å². The van der Waals surface area contributed by atoms with Crippen molar-refractivity contribution in [2.24, 2.45) is 17.6 Å². The van der Waals surface area contributed by atoms with Gasteiger partial charge in [0.2, 0.25) is 17.7 Å². The second-order valence-electron chi connectivity index (χ2n) is 10.9. The Morgan fingerprint density at radius 1 is 0.825 bits per heavy atom. The molecule has 40 heavy (non-hydrogen) atoms. The van der Waals surface area contributed by atoms with Crippen molar-refractivity contribution in [3.05, 3.63) is 36.0 Å². The smallest absolute Gasteiger partial charge is 0.326 e. The SMILES string of the molecule is CC(C)CC(NC(=O)C(Cc1c[nH]c2ccccc12)NC(=O)C(CC(C)C)NC(=O)C(N)CCC(=O)O)C(=O)O. The maximum atomic E-state index is 13.4. The lowest BCUT2D eigenvalue weighted by molar-refractivity contribution is -0.143. The minimum atomic E-state index is -1.18. The van der Waals surface area contributed by atoms with E-state index in [0.717, 1.165) is 16.5 Å². The molecule has 0 aliphatic rings. The number of para-hydroxylation sites is 1. The molecule has 1 aromatic carbocycles. The zero-order chi connectivity index (χ0) is 30.0. The lowest BCUT2D eigenvalue weighted by atomic mass is 9.99. The van der Waals surface area contributed by atoms with Crippen molar-refractivity contribution in [3.8, 4) is 0 Å². The highest BCUT2D eigenvalue weighted by Crippen LogP contribution is 2.20. The summed E-state index contributed by atoms with van der Waals surface area (Å²) >= 11 is 0. The highest BCUT2D eigenvalue weighted by Gasteiger charge is 2.31. The first-order valence-electron chi connectivity index (χ1n) is 13.4. The lowest BCUT2D eigenvalue weighted by Gasteiger charge is -2.26. The van der Waals surface area contributed by atoms with Crippen molar-refractivity contribution < 1.29 is 34.2 Å². The van der Waals surface area contributed by atoms with Crippen LogP contribution in [0.25, 0.3) is 10.9 Å². The van der Waals surface area contributed by atoms with Crippen LogP contribution in [0.3, 0.4) is 0 Å². The molecule has 1 aromatic heterocycles. The number of benzene rings is 1. The Bertz CT molecular complexity index is 1190. The van der Waals surface area contributed by atoms with E-state index in [9.17, 15) is 29.1 Å². The standard InChI is InChI=1S/C28H41N5O7/c1-15(2)11-21(31-25(36)19(29)9-10-24(34)35)26(37)32-22(27(38)33-23(28(39)40)12-16(3)4)13-17-14-30-20-8-6-5-7-18(17)20/h5-8,14-16,19,21-23,30H,9-13,29H2,1-4H3,(H,31,36)(H,32,37)(H,33,38)(H,34,35)(H,39,40). The van der Waals surface area contributed by atoms with Gasteiger partial charge in [0.25, 0.3) is 0 Å². The van der Waals surface area contributed by atoms with E-state index >= 15 is 0 Å². The molecule has 0 aliphatic carbocycles. The molecule has 0 bridgehead atoms. The molecule has 0 spiro atoms. The molecule has 8 N–H and O–H groups in total. The van der Waals surface area contributed by atoms with Crippen LogP contribution in [0.5, 0.6) is 0 Å². The van der Waals surface area contributed by atoms with E-state index in [-0.39, 0.29) is 43.9 Å². The molecule has 0 saturated heterocycles. The third kappa shape index (κ3) is 9.99. The van der Waals surface area contributed by atoms with Gasteiger partial charge in [0.1, 0.15) is 18.1 Å². The van der Waals surface area contributed by atoms with Crippen LogP contribution in [0.2, 0.25) is 0 Å². The number of nitrogens with one attached hydrogen (secondary N) is 4. The average molecular weight is 560 g/mol. The summed E-state index contributed by atoms with van der Waals surface area (Å²) in [6.45, 7) is 7.40. The number of fused-ring (bicyclic) bond motifs is 1. The van der Waals surface area contributed by atoms with Gasteiger partial charge in [0.05, 0.1) is 6.04 Å². The predicted molar refractivity (Wildman–Crippen MR) is 149 cm³/mol. The van der Waals surface area contributed by atoms with Crippen molar-refractivity contribution in [2.45, 2.75) is 84.0 Å². The highest BCUT2D eigenvalue weighted by atomic mass is 16.4. The van der Waals surface area contributed by atoms with Gasteiger partial charge in [-0.3, -0.25) is 19.2 Å². The van der Waals surface area contributed by atoms with Crippen molar-refractivity contribution in [3.63, 3.8) is 0 Å². The number of hydrogen-bond donors (Lipinski definition) is 7. The van der Waals surface area contributed by atoms with Gasteiger partial charge in [0, 0.05) is 29.9 Å². The molecular formula is C28H41N5O7. The fourth-order valence-electron chi connectivity index (χ4n) is 4.36. The van der Waals surface area contributed by atoms with Crippen LogP contribution >= 0.6 is 0 Å². The Morgan fingerprint density at radius 2 is 1.38 bits per heavy atom. The molecule has 0 fully saturated rings. The largest absolute Gasteiger partial charge is 0.481 e. The molecule has 2 rings (SSSR count). The van der Waals surface area contributed by atoms with Crippen LogP contribution in [-0.2, 0) is 30.4 Å². The first-order valence-corrected chi connectivity index (χ1v) is 13.4. The zero-order valence-corrected chi connectivity index (χ0v) is 23.4. The van der Waals surface area contributed by atoms with E-state index in [2.05, 4.69) is 20.9 Å². The maximum Gasteiger partial charge on any atom is 0.326 e. The molecule has 0 radical (unpaired) electrons. The average Bonchev–Trinajstić information content (AvgIpc) is 3.28. The third-order valence-electron chi connectivity index (χ3n) is 6.40. The Hall–Kier alpha value is -3.93. The summed E-state index contributed by atoms with van der Waals surface area (Å²) < 4.78 is 0. The number of amides is 3. The Morgan fingerprint density at radius 3 is 1.98 bits per heavy atom. The summed E-state index contributed by atoms with van der Waals surface area (Å²) in [6.07, 6.45) is 1.83. The van der Waals surface area contributed by atoms with Gasteiger partial charge in [-0.1, -0.05) is 45.9 Å². The minimum Gasteiger partial charge on any atom is -0.481 e. The molecule has 12 heteroatoms. The topological polar surface area (TPSA) is 204 Å². The molecule has 0 saturated carbocycles. The van der Waals surface area contributed by atoms with Crippen LogP contribution in [-0.4, -0.2) is 69.0 Å². The molecule has 220 valence electrons. The second kappa shape index (κ2) is 15.0. The molecule has 0 aliphatic heterocycles. The van der Waals surface area contributed by atoms with Gasteiger partial charge in [-0.2, -0.15) is 0 Å². The fraction of sp³-hybridized carbons (Fsp3) is 0.536. The number of carboxylic acids is 2. The van der Waals surface area contributed by atoms with Gasteiger partial charge in [-0.15, -0.1) is 0 Å². The molecule has 12 nitrogen and oxygen atoms in total. The number of carboxylic acid groups (broad SMARTS) is 2. The number of aromatic nitrogens is 1. The normalized spacial score (nSPS) is 14.4. The summed E-state index contributed by atoms with van der Waals surface area (Å²) in [5, 5.41) is 27.2. The number of hydrogen-bond acceptors (Lipinski definition) is 6. The zero-order valence-electron chi connectivity index (χ0n) is 23.4. The molecule has 4 unspecified atom stereocenters. The van der Waals surface area contributed by atoms with E-state index in [1.165, 1.54) is 0 Å². The second-order valence-corrected chi connectivity index (χ2v) is 10.9. The van der Waals surface area contributed by atoms with Gasteiger partial charge in [-0.05, 0) is 42.7 Å². The summed E-state index contributed by atoms with van der Waals surface area (Å²) in [5.74, 6) is -4.28. The van der Waals surface area contributed by atoms with E-state index in [4.69, 9.17) is 10.8 Å². The van der Waals surface area contributed by atoms with Crippen molar-refractivity contribution in [1.29, 1.82) is 0 Å². The first kappa shape index (κ1) is 32.3. The van der Waals surface area contributed by atoms with E-state index in [1.807, 2.05) is 52.0 Å². The monoisotopic (exact) mass is 559 g/mol. The van der Waals surface area contributed by atoms with Crippen molar-refractivity contribution in [2.75, 3.05) is 0 Å². The molecule has 4 atom stereocenters. The van der Waals surface area contributed by atoms with Crippen LogP contribution in [0.15, 0.2) is 30.5 Å².